The topological polar surface area (TPSA) is 34.0 Å². The fourth-order valence-electron chi connectivity index (χ4n) is 4.21. The maximum absolute atomic E-state index is 14.5. The van der Waals surface area contributed by atoms with Crippen molar-refractivity contribution >= 4 is 5.82 Å². The number of nitrogens with zero attached hydrogens (tertiary/aromatic N) is 4. The molecule has 0 unspecified atom stereocenters. The van der Waals surface area contributed by atoms with Gasteiger partial charge in [-0.3, -0.25) is 0 Å². The van der Waals surface area contributed by atoms with Gasteiger partial charge in [0.15, 0.2) is 11.6 Å². The zero-order valence-corrected chi connectivity index (χ0v) is 17.7. The van der Waals surface area contributed by atoms with Crippen LogP contribution in [0.3, 0.4) is 0 Å². The van der Waals surface area contributed by atoms with Crippen LogP contribution in [0.4, 0.5) is 23.4 Å². The minimum atomic E-state index is -4.62. The first kappa shape index (κ1) is 21.3. The van der Waals surface area contributed by atoms with Gasteiger partial charge in [0.2, 0.25) is 0 Å². The molecule has 0 saturated heterocycles. The third-order valence-electron chi connectivity index (χ3n) is 5.92. The van der Waals surface area contributed by atoms with Crippen molar-refractivity contribution < 1.29 is 17.6 Å². The predicted molar refractivity (Wildman–Crippen MR) is 111 cm³/mol. The molecule has 0 spiro atoms. The lowest BCUT2D eigenvalue weighted by molar-refractivity contribution is -0.138. The molecule has 31 heavy (non-hydrogen) atoms. The lowest BCUT2D eigenvalue weighted by Crippen LogP contribution is -2.32. The van der Waals surface area contributed by atoms with Gasteiger partial charge in [0, 0.05) is 37.0 Å². The van der Waals surface area contributed by atoms with E-state index >= 15 is 0 Å². The van der Waals surface area contributed by atoms with Crippen LogP contribution in [0.1, 0.15) is 47.5 Å². The van der Waals surface area contributed by atoms with Crippen molar-refractivity contribution in [3.05, 3.63) is 69.9 Å². The molecule has 1 aromatic carbocycles. The Morgan fingerprint density at radius 3 is 2.35 bits per heavy atom. The second-order valence-corrected chi connectivity index (χ2v) is 7.75. The Morgan fingerprint density at radius 2 is 1.77 bits per heavy atom. The first-order chi connectivity index (χ1) is 14.7. The van der Waals surface area contributed by atoms with Crippen molar-refractivity contribution in [2.45, 2.75) is 52.8 Å². The summed E-state index contributed by atoms with van der Waals surface area (Å²) in [5.74, 6) is -1.03. The van der Waals surface area contributed by atoms with E-state index in [-0.39, 0.29) is 5.82 Å². The summed E-state index contributed by atoms with van der Waals surface area (Å²) in [6, 6.07) is 6.77. The van der Waals surface area contributed by atoms with Crippen LogP contribution in [0.5, 0.6) is 0 Å². The summed E-state index contributed by atoms with van der Waals surface area (Å²) in [6.45, 7) is 6.99. The van der Waals surface area contributed by atoms with Gasteiger partial charge in [-0.05, 0) is 37.0 Å². The Labute approximate surface area is 178 Å². The molecule has 3 heterocycles. The highest BCUT2D eigenvalue weighted by Crippen LogP contribution is 2.33. The molecule has 4 rings (SSSR count). The second-order valence-electron chi connectivity index (χ2n) is 7.75. The first-order valence-corrected chi connectivity index (χ1v) is 10.4. The third kappa shape index (κ3) is 3.79. The summed E-state index contributed by atoms with van der Waals surface area (Å²) < 4.78 is 55.0. The number of para-hydroxylation sites is 1. The van der Waals surface area contributed by atoms with Crippen LogP contribution in [-0.4, -0.2) is 21.3 Å². The van der Waals surface area contributed by atoms with Crippen molar-refractivity contribution in [2.24, 2.45) is 0 Å². The van der Waals surface area contributed by atoms with Gasteiger partial charge in [0.1, 0.15) is 0 Å². The maximum Gasteiger partial charge on any atom is 0.417 e. The van der Waals surface area contributed by atoms with Gasteiger partial charge in [0.25, 0.3) is 0 Å². The molecule has 0 bridgehead atoms. The van der Waals surface area contributed by atoms with Crippen LogP contribution < -0.4 is 4.90 Å². The normalized spacial score (nSPS) is 14.1. The molecule has 1 aliphatic rings. The van der Waals surface area contributed by atoms with E-state index in [4.69, 9.17) is 5.10 Å². The first-order valence-electron chi connectivity index (χ1n) is 10.4. The van der Waals surface area contributed by atoms with Crippen LogP contribution in [0.25, 0.3) is 5.69 Å². The van der Waals surface area contributed by atoms with E-state index in [9.17, 15) is 17.6 Å². The van der Waals surface area contributed by atoms with Crippen molar-refractivity contribution in [3.8, 4) is 5.69 Å². The monoisotopic (exact) mass is 432 g/mol. The molecule has 0 N–H and O–H groups in total. The number of anilines is 1. The highest BCUT2D eigenvalue weighted by Gasteiger charge is 2.33. The molecule has 2 aromatic heterocycles. The summed E-state index contributed by atoms with van der Waals surface area (Å²) in [5, 5.41) is 4.86. The van der Waals surface area contributed by atoms with Crippen molar-refractivity contribution in [1.82, 2.24) is 14.8 Å². The van der Waals surface area contributed by atoms with Crippen LogP contribution in [0.15, 0.2) is 30.5 Å². The number of pyridine rings is 1. The molecule has 0 saturated carbocycles. The SMILES string of the molecule is CCc1cccc(CC)c1-n1nc2c(c1C)CN(c1ncc(C(F)(F)F)cc1F)CC2. The zero-order chi connectivity index (χ0) is 22.3. The number of halogens is 4. The smallest absolute Gasteiger partial charge is 0.349 e. The molecule has 164 valence electrons. The fourth-order valence-corrected chi connectivity index (χ4v) is 4.21. The standard InChI is InChI=1S/C23H24F4N4/c1-4-15-7-6-8-16(5-2)21(15)31-14(3)18-13-30(10-9-20(18)29-31)22-19(24)11-17(12-28-22)23(25,26)27/h6-8,11-12H,4-5,9-10,13H2,1-3H3. The minimum absolute atomic E-state index is 0.0611. The van der Waals surface area contributed by atoms with Crippen LogP contribution in [-0.2, 0) is 32.0 Å². The fraction of sp³-hybridized carbons (Fsp3) is 0.391. The Balaban J connectivity index is 1.71. The lowest BCUT2D eigenvalue weighted by Gasteiger charge is -2.28. The van der Waals surface area contributed by atoms with E-state index in [0.717, 1.165) is 35.5 Å². The van der Waals surface area contributed by atoms with Crippen LogP contribution in [0.2, 0.25) is 0 Å². The lowest BCUT2D eigenvalue weighted by atomic mass is 10.0. The Kier molecular flexibility index (Phi) is 5.49. The van der Waals surface area contributed by atoms with Gasteiger partial charge in [-0.25, -0.2) is 14.1 Å². The molecule has 0 radical (unpaired) electrons. The Morgan fingerprint density at radius 1 is 1.10 bits per heavy atom. The van der Waals surface area contributed by atoms with E-state index in [1.165, 1.54) is 11.1 Å². The van der Waals surface area contributed by atoms with Gasteiger partial charge >= 0.3 is 6.18 Å². The van der Waals surface area contributed by atoms with E-state index in [2.05, 4.69) is 37.0 Å². The number of hydrogen-bond acceptors (Lipinski definition) is 3. The molecule has 0 aliphatic carbocycles. The minimum Gasteiger partial charge on any atom is -0.349 e. The largest absolute Gasteiger partial charge is 0.417 e. The quantitative estimate of drug-likeness (QED) is 0.516. The van der Waals surface area contributed by atoms with E-state index in [1.54, 1.807) is 4.90 Å². The van der Waals surface area contributed by atoms with Crippen LogP contribution >= 0.6 is 0 Å². The zero-order valence-electron chi connectivity index (χ0n) is 17.7. The molecule has 4 nitrogen and oxygen atoms in total. The number of aromatic nitrogens is 3. The predicted octanol–water partition coefficient (Wildman–Crippen LogP) is 5.42. The van der Waals surface area contributed by atoms with Crippen LogP contribution in [0, 0.1) is 12.7 Å². The Bertz CT molecular complexity index is 1100. The van der Waals surface area contributed by atoms with Gasteiger partial charge in [-0.15, -0.1) is 0 Å². The van der Waals surface area contributed by atoms with E-state index < -0.39 is 17.6 Å². The van der Waals surface area contributed by atoms with E-state index in [0.29, 0.717) is 31.8 Å². The highest BCUT2D eigenvalue weighted by molar-refractivity contribution is 5.52. The number of alkyl halides is 3. The second kappa shape index (κ2) is 7.98. The maximum atomic E-state index is 14.5. The van der Waals surface area contributed by atoms with Gasteiger partial charge in [-0.2, -0.15) is 18.3 Å². The molecule has 0 fully saturated rings. The average molecular weight is 432 g/mol. The van der Waals surface area contributed by atoms with Gasteiger partial charge in [0.05, 0.1) is 16.9 Å². The number of rotatable bonds is 4. The van der Waals surface area contributed by atoms with Gasteiger partial charge in [-0.1, -0.05) is 32.0 Å². The summed E-state index contributed by atoms with van der Waals surface area (Å²) in [6.07, 6.45) is -1.61. The highest BCUT2D eigenvalue weighted by atomic mass is 19.4. The third-order valence-corrected chi connectivity index (χ3v) is 5.92. The molecular formula is C23H24F4N4. The molecule has 0 amide bonds. The molecule has 0 atom stereocenters. The summed E-state index contributed by atoms with van der Waals surface area (Å²) in [7, 11) is 0. The van der Waals surface area contributed by atoms with E-state index in [1.807, 2.05) is 11.6 Å². The van der Waals surface area contributed by atoms with Gasteiger partial charge < -0.3 is 4.90 Å². The molecule has 8 heteroatoms. The number of benzene rings is 1. The Hall–Kier alpha value is -2.90. The van der Waals surface area contributed by atoms with Crippen molar-refractivity contribution in [2.75, 3.05) is 11.4 Å². The summed E-state index contributed by atoms with van der Waals surface area (Å²) in [4.78, 5) is 5.48. The number of fused-ring (bicyclic) bond motifs is 1. The molecule has 3 aromatic rings. The van der Waals surface area contributed by atoms with Crippen molar-refractivity contribution in [1.29, 1.82) is 0 Å². The average Bonchev–Trinajstić information content (AvgIpc) is 3.07. The number of hydrogen-bond donors (Lipinski definition) is 0. The molecule has 1 aliphatic heterocycles. The van der Waals surface area contributed by atoms with Crippen molar-refractivity contribution in [3.63, 3.8) is 0 Å². The summed E-state index contributed by atoms with van der Waals surface area (Å²) in [5.41, 5.74) is 5.28. The molecular weight excluding hydrogens is 408 g/mol. The number of aryl methyl sites for hydroxylation is 2. The summed E-state index contributed by atoms with van der Waals surface area (Å²) >= 11 is 0.